The van der Waals surface area contributed by atoms with Gasteiger partial charge >= 0.3 is 0 Å². The molecule has 2 aromatic rings. The van der Waals surface area contributed by atoms with Crippen LogP contribution >= 0.6 is 11.6 Å². The van der Waals surface area contributed by atoms with Crippen LogP contribution in [0.3, 0.4) is 0 Å². The van der Waals surface area contributed by atoms with Crippen molar-refractivity contribution < 1.29 is 14.3 Å². The second-order valence-electron chi connectivity index (χ2n) is 4.45. The van der Waals surface area contributed by atoms with E-state index < -0.39 is 0 Å². The highest BCUT2D eigenvalue weighted by molar-refractivity contribution is 6.32. The van der Waals surface area contributed by atoms with Crippen LogP contribution < -0.4 is 14.8 Å². The zero-order chi connectivity index (χ0) is 15.9. The van der Waals surface area contributed by atoms with Crippen molar-refractivity contribution >= 4 is 29.3 Å². The van der Waals surface area contributed by atoms with Gasteiger partial charge in [-0.15, -0.1) is 0 Å². The molecule has 1 amide bonds. The number of carbonyl (C=O) groups excluding carboxylic acids is 1. The molecule has 5 heteroatoms. The molecule has 2 rings (SSSR count). The number of methoxy groups -OCH3 is 2. The first kappa shape index (κ1) is 15.9. The van der Waals surface area contributed by atoms with Crippen LogP contribution in [0.4, 0.5) is 5.69 Å². The average Bonchev–Trinajstić information content (AvgIpc) is 2.53. The molecule has 0 aliphatic heterocycles. The van der Waals surface area contributed by atoms with Crippen molar-refractivity contribution in [1.82, 2.24) is 0 Å². The second kappa shape index (κ2) is 7.52. The number of hydrogen-bond acceptors (Lipinski definition) is 3. The molecule has 0 aromatic heterocycles. The quantitative estimate of drug-likeness (QED) is 0.848. The first-order chi connectivity index (χ1) is 10.6. The lowest BCUT2D eigenvalue weighted by molar-refractivity contribution is -0.111. The number of hydrogen-bond donors (Lipinski definition) is 1. The maximum Gasteiger partial charge on any atom is 0.248 e. The number of nitrogens with one attached hydrogen (secondary N) is 1. The maximum atomic E-state index is 12.0. The van der Waals surface area contributed by atoms with Gasteiger partial charge < -0.3 is 14.8 Å². The summed E-state index contributed by atoms with van der Waals surface area (Å²) in [5, 5.41) is 3.34. The number of ether oxygens (including phenoxy) is 2. The SMILES string of the molecule is COc1cc(NC(=O)C=Cc2ccccc2Cl)cc(OC)c1. The Morgan fingerprint density at radius 3 is 2.32 bits per heavy atom. The molecule has 0 saturated carbocycles. The van der Waals surface area contributed by atoms with Gasteiger partial charge in [-0.3, -0.25) is 4.79 Å². The number of rotatable bonds is 5. The van der Waals surface area contributed by atoms with Crippen molar-refractivity contribution in [1.29, 1.82) is 0 Å². The first-order valence-corrected chi connectivity index (χ1v) is 6.97. The minimum absolute atomic E-state index is 0.268. The van der Waals surface area contributed by atoms with Crippen LogP contribution in [0.2, 0.25) is 5.02 Å². The van der Waals surface area contributed by atoms with E-state index >= 15 is 0 Å². The van der Waals surface area contributed by atoms with E-state index in [0.717, 1.165) is 5.56 Å². The van der Waals surface area contributed by atoms with Gasteiger partial charge in [-0.25, -0.2) is 0 Å². The summed E-state index contributed by atoms with van der Waals surface area (Å²) in [4.78, 5) is 12.0. The minimum Gasteiger partial charge on any atom is -0.497 e. The predicted octanol–water partition coefficient (Wildman–Crippen LogP) is 4.01. The zero-order valence-corrected chi connectivity index (χ0v) is 13.1. The van der Waals surface area contributed by atoms with E-state index in [4.69, 9.17) is 21.1 Å². The lowest BCUT2D eigenvalue weighted by Crippen LogP contribution is -2.08. The van der Waals surface area contributed by atoms with E-state index in [1.54, 1.807) is 44.6 Å². The first-order valence-electron chi connectivity index (χ1n) is 6.59. The smallest absolute Gasteiger partial charge is 0.248 e. The fourth-order valence-electron chi connectivity index (χ4n) is 1.84. The van der Waals surface area contributed by atoms with E-state index in [2.05, 4.69) is 5.32 Å². The summed E-state index contributed by atoms with van der Waals surface area (Å²) in [6.45, 7) is 0. The molecule has 0 heterocycles. The Morgan fingerprint density at radius 2 is 1.73 bits per heavy atom. The summed E-state index contributed by atoms with van der Waals surface area (Å²) in [5.41, 5.74) is 1.37. The Labute approximate surface area is 134 Å². The van der Waals surface area contributed by atoms with Crippen LogP contribution in [0.25, 0.3) is 6.08 Å². The largest absolute Gasteiger partial charge is 0.497 e. The highest BCUT2D eigenvalue weighted by atomic mass is 35.5. The van der Waals surface area contributed by atoms with Crippen LogP contribution in [0.15, 0.2) is 48.5 Å². The summed E-state index contributed by atoms with van der Waals surface area (Å²) in [6, 6.07) is 12.5. The Kier molecular flexibility index (Phi) is 5.44. The molecular weight excluding hydrogens is 302 g/mol. The number of benzene rings is 2. The lowest BCUT2D eigenvalue weighted by Gasteiger charge is -2.08. The van der Waals surface area contributed by atoms with Gasteiger partial charge in [-0.05, 0) is 17.7 Å². The Bertz CT molecular complexity index is 676. The van der Waals surface area contributed by atoms with Gasteiger partial charge in [-0.1, -0.05) is 29.8 Å². The molecule has 0 unspecified atom stereocenters. The molecule has 0 radical (unpaired) electrons. The van der Waals surface area contributed by atoms with Gasteiger partial charge in [0.15, 0.2) is 0 Å². The third-order valence-electron chi connectivity index (χ3n) is 2.94. The van der Waals surface area contributed by atoms with Crippen molar-refractivity contribution in [2.45, 2.75) is 0 Å². The molecule has 0 bridgehead atoms. The van der Waals surface area contributed by atoms with Gasteiger partial charge in [-0.2, -0.15) is 0 Å². The van der Waals surface area contributed by atoms with E-state index in [0.29, 0.717) is 22.2 Å². The summed E-state index contributed by atoms with van der Waals surface area (Å²) in [7, 11) is 3.11. The Balaban J connectivity index is 2.10. The fraction of sp³-hybridized carbons (Fsp3) is 0.118. The molecule has 4 nitrogen and oxygen atoms in total. The maximum absolute atomic E-state index is 12.0. The second-order valence-corrected chi connectivity index (χ2v) is 4.85. The molecule has 22 heavy (non-hydrogen) atoms. The number of carbonyl (C=O) groups is 1. The Morgan fingerprint density at radius 1 is 1.09 bits per heavy atom. The molecule has 0 fully saturated rings. The molecular formula is C17H16ClNO3. The molecule has 0 saturated heterocycles. The summed E-state index contributed by atoms with van der Waals surface area (Å²) < 4.78 is 10.3. The molecule has 0 aliphatic rings. The van der Waals surface area contributed by atoms with Gasteiger partial charge in [0.05, 0.1) is 14.2 Å². The van der Waals surface area contributed by atoms with E-state index in [1.165, 1.54) is 6.08 Å². The van der Waals surface area contributed by atoms with Crippen molar-refractivity contribution in [3.8, 4) is 11.5 Å². The third kappa shape index (κ3) is 4.27. The van der Waals surface area contributed by atoms with Crippen LogP contribution in [0, 0.1) is 0 Å². The summed E-state index contributed by atoms with van der Waals surface area (Å²) in [5.74, 6) is 0.935. The third-order valence-corrected chi connectivity index (χ3v) is 3.28. The van der Waals surface area contributed by atoms with Gasteiger partial charge in [0, 0.05) is 35.0 Å². The summed E-state index contributed by atoms with van der Waals surface area (Å²) >= 11 is 6.03. The van der Waals surface area contributed by atoms with Crippen molar-refractivity contribution in [3.05, 3.63) is 59.1 Å². The van der Waals surface area contributed by atoms with E-state index in [9.17, 15) is 4.79 Å². The predicted molar refractivity (Wildman–Crippen MR) is 88.7 cm³/mol. The number of anilines is 1. The fourth-order valence-corrected chi connectivity index (χ4v) is 2.04. The average molecular weight is 318 g/mol. The molecule has 0 aliphatic carbocycles. The molecule has 2 aromatic carbocycles. The monoisotopic (exact) mass is 317 g/mol. The highest BCUT2D eigenvalue weighted by Crippen LogP contribution is 2.25. The zero-order valence-electron chi connectivity index (χ0n) is 12.3. The summed E-state index contributed by atoms with van der Waals surface area (Å²) in [6.07, 6.45) is 3.09. The van der Waals surface area contributed by atoms with Crippen LogP contribution in [-0.2, 0) is 4.79 Å². The van der Waals surface area contributed by atoms with Gasteiger partial charge in [0.1, 0.15) is 11.5 Å². The van der Waals surface area contributed by atoms with Gasteiger partial charge in [0.25, 0.3) is 0 Å². The van der Waals surface area contributed by atoms with Crippen molar-refractivity contribution in [2.24, 2.45) is 0 Å². The molecule has 114 valence electrons. The topological polar surface area (TPSA) is 47.6 Å². The van der Waals surface area contributed by atoms with Crippen molar-refractivity contribution in [3.63, 3.8) is 0 Å². The van der Waals surface area contributed by atoms with Crippen LogP contribution in [-0.4, -0.2) is 20.1 Å². The lowest BCUT2D eigenvalue weighted by atomic mass is 10.2. The van der Waals surface area contributed by atoms with E-state index in [1.807, 2.05) is 18.2 Å². The standard InChI is InChI=1S/C17H16ClNO3/c1-21-14-9-13(10-15(11-14)22-2)19-17(20)8-7-12-5-3-4-6-16(12)18/h3-11H,1-2H3,(H,19,20). The van der Waals surface area contributed by atoms with Crippen LogP contribution in [0.1, 0.15) is 5.56 Å². The Hall–Kier alpha value is -2.46. The van der Waals surface area contributed by atoms with Gasteiger partial charge in [0.2, 0.25) is 5.91 Å². The molecule has 0 atom stereocenters. The molecule has 0 spiro atoms. The minimum atomic E-state index is -0.268. The number of halogens is 1. The molecule has 1 N–H and O–H groups in total. The van der Waals surface area contributed by atoms with E-state index in [-0.39, 0.29) is 5.91 Å². The number of amides is 1. The normalized spacial score (nSPS) is 10.5. The van der Waals surface area contributed by atoms with Crippen molar-refractivity contribution in [2.75, 3.05) is 19.5 Å². The highest BCUT2D eigenvalue weighted by Gasteiger charge is 2.04. The van der Waals surface area contributed by atoms with Crippen LogP contribution in [0.5, 0.6) is 11.5 Å².